The molecule has 1 saturated heterocycles. The Kier molecular flexibility index (Phi) is 5.24. The smallest absolute Gasteiger partial charge is 0.266 e. The first-order valence-corrected chi connectivity index (χ1v) is 9.58. The number of benzene rings is 1. The Balaban J connectivity index is 1.71. The summed E-state index contributed by atoms with van der Waals surface area (Å²) in [6.45, 7) is 9.98. The Bertz CT molecular complexity index is 671. The van der Waals surface area contributed by atoms with Crippen molar-refractivity contribution in [3.63, 3.8) is 0 Å². The average molecular weight is 355 g/mol. The van der Waals surface area contributed by atoms with Gasteiger partial charge in [-0.15, -0.1) is 0 Å². The Hall–Kier alpha value is -2.06. The number of nitriles is 1. The number of hydrogen-bond donors (Lipinski definition) is 0. The number of piperazine rings is 1. The van der Waals surface area contributed by atoms with Gasteiger partial charge in [0.05, 0.1) is 11.6 Å². The van der Waals surface area contributed by atoms with Crippen LogP contribution in [0.25, 0.3) is 0 Å². The summed E-state index contributed by atoms with van der Waals surface area (Å²) in [5, 5.41) is 8.94. The predicted octanol–water partition coefficient (Wildman–Crippen LogP) is 3.19. The maximum absolute atomic E-state index is 13.3. The Morgan fingerprint density at radius 3 is 2.15 bits per heavy atom. The van der Waals surface area contributed by atoms with Gasteiger partial charge in [-0.05, 0) is 70.7 Å². The van der Waals surface area contributed by atoms with E-state index in [0.29, 0.717) is 11.3 Å². The van der Waals surface area contributed by atoms with Crippen molar-refractivity contribution in [1.82, 2.24) is 9.80 Å². The number of carbonyl (C=O) groups is 1. The first-order chi connectivity index (χ1) is 12.3. The molecule has 0 aromatic heterocycles. The van der Waals surface area contributed by atoms with Crippen molar-refractivity contribution in [3.8, 4) is 11.8 Å². The minimum Gasteiger partial charge on any atom is -0.477 e. The van der Waals surface area contributed by atoms with Crippen molar-refractivity contribution in [2.75, 3.05) is 26.2 Å². The number of ether oxygens (including phenoxy) is 1. The molecule has 0 spiro atoms. The van der Waals surface area contributed by atoms with Crippen LogP contribution >= 0.6 is 0 Å². The highest BCUT2D eigenvalue weighted by atomic mass is 16.5. The van der Waals surface area contributed by atoms with Crippen LogP contribution in [-0.2, 0) is 4.79 Å². The summed E-state index contributed by atoms with van der Waals surface area (Å²) in [7, 11) is 0. The maximum atomic E-state index is 13.3. The van der Waals surface area contributed by atoms with E-state index in [1.165, 1.54) is 0 Å². The molecule has 0 radical (unpaired) electrons. The van der Waals surface area contributed by atoms with Crippen LogP contribution in [0.1, 0.15) is 52.0 Å². The van der Waals surface area contributed by atoms with Gasteiger partial charge >= 0.3 is 0 Å². The predicted molar refractivity (Wildman–Crippen MR) is 101 cm³/mol. The summed E-state index contributed by atoms with van der Waals surface area (Å²) in [4.78, 5) is 17.7. The standard InChI is InChI=1S/C21H29N3O2/c1-20(2,3)24-14-12-23(13-15-24)19(25)21(10-4-5-11-21)26-18-8-6-17(16-22)7-9-18/h6-9H,4-5,10-15H2,1-3H3. The fourth-order valence-corrected chi connectivity index (χ4v) is 4.00. The van der Waals surface area contributed by atoms with Gasteiger partial charge in [0.1, 0.15) is 5.75 Å². The fraction of sp³-hybridized carbons (Fsp3) is 0.619. The molecule has 0 bridgehead atoms. The summed E-state index contributed by atoms with van der Waals surface area (Å²) in [6, 6.07) is 9.18. The molecule has 26 heavy (non-hydrogen) atoms. The number of rotatable bonds is 3. The third-order valence-corrected chi connectivity index (χ3v) is 5.61. The summed E-state index contributed by atoms with van der Waals surface area (Å²) in [5.41, 5.74) is -0.000476. The molecule has 1 aromatic carbocycles. The minimum absolute atomic E-state index is 0.132. The van der Waals surface area contributed by atoms with Crippen LogP contribution in [0.4, 0.5) is 0 Å². The molecule has 0 unspecified atom stereocenters. The van der Waals surface area contributed by atoms with Gasteiger partial charge in [-0.1, -0.05) is 0 Å². The average Bonchev–Trinajstić information content (AvgIpc) is 3.11. The molecule has 5 nitrogen and oxygen atoms in total. The molecule has 2 fully saturated rings. The molecular weight excluding hydrogens is 326 g/mol. The molecular formula is C21H29N3O2. The van der Waals surface area contributed by atoms with Crippen molar-refractivity contribution in [3.05, 3.63) is 29.8 Å². The van der Waals surface area contributed by atoms with Crippen LogP contribution in [0.5, 0.6) is 5.75 Å². The van der Waals surface area contributed by atoms with E-state index in [4.69, 9.17) is 10.00 Å². The largest absolute Gasteiger partial charge is 0.477 e. The topological polar surface area (TPSA) is 56.6 Å². The monoisotopic (exact) mass is 355 g/mol. The highest BCUT2D eigenvalue weighted by molar-refractivity contribution is 5.86. The van der Waals surface area contributed by atoms with Gasteiger partial charge in [0.2, 0.25) is 0 Å². The van der Waals surface area contributed by atoms with Crippen LogP contribution < -0.4 is 4.74 Å². The van der Waals surface area contributed by atoms with Crippen molar-refractivity contribution >= 4 is 5.91 Å². The quantitative estimate of drug-likeness (QED) is 0.835. The van der Waals surface area contributed by atoms with Crippen LogP contribution in [0.3, 0.4) is 0 Å². The van der Waals surface area contributed by atoms with Gasteiger partial charge in [0.15, 0.2) is 5.60 Å². The molecule has 1 aliphatic carbocycles. The lowest BCUT2D eigenvalue weighted by Crippen LogP contribution is -2.59. The van der Waals surface area contributed by atoms with E-state index in [9.17, 15) is 4.79 Å². The summed E-state index contributed by atoms with van der Waals surface area (Å²) in [5.74, 6) is 0.806. The molecule has 0 N–H and O–H groups in total. The number of carbonyl (C=O) groups excluding carboxylic acids is 1. The zero-order valence-corrected chi connectivity index (χ0v) is 16.1. The third kappa shape index (κ3) is 3.86. The second-order valence-corrected chi connectivity index (χ2v) is 8.39. The molecule has 3 rings (SSSR count). The highest BCUT2D eigenvalue weighted by Gasteiger charge is 2.46. The van der Waals surface area contributed by atoms with Crippen molar-refractivity contribution in [2.24, 2.45) is 0 Å². The van der Waals surface area contributed by atoms with E-state index in [1.807, 2.05) is 4.90 Å². The Labute approximate surface area is 156 Å². The van der Waals surface area contributed by atoms with Crippen LogP contribution in [0.15, 0.2) is 24.3 Å². The van der Waals surface area contributed by atoms with Crippen molar-refractivity contribution < 1.29 is 9.53 Å². The second-order valence-electron chi connectivity index (χ2n) is 8.39. The van der Waals surface area contributed by atoms with Gasteiger partial charge in [-0.3, -0.25) is 9.69 Å². The zero-order valence-electron chi connectivity index (χ0n) is 16.1. The first-order valence-electron chi connectivity index (χ1n) is 9.58. The Morgan fingerprint density at radius 2 is 1.65 bits per heavy atom. The van der Waals surface area contributed by atoms with Crippen molar-refractivity contribution in [2.45, 2.75) is 57.6 Å². The number of nitrogens with zero attached hydrogens (tertiary/aromatic N) is 3. The maximum Gasteiger partial charge on any atom is 0.266 e. The fourth-order valence-electron chi connectivity index (χ4n) is 4.00. The van der Waals surface area contributed by atoms with E-state index in [-0.39, 0.29) is 11.4 Å². The molecule has 2 aliphatic rings. The van der Waals surface area contributed by atoms with E-state index < -0.39 is 5.60 Å². The SMILES string of the molecule is CC(C)(C)N1CCN(C(=O)C2(Oc3ccc(C#N)cc3)CCCC2)CC1. The first kappa shape index (κ1) is 18.7. The lowest BCUT2D eigenvalue weighted by atomic mass is 9.98. The van der Waals surface area contributed by atoms with Gasteiger partial charge in [-0.2, -0.15) is 5.26 Å². The summed E-state index contributed by atoms with van der Waals surface area (Å²) >= 11 is 0. The van der Waals surface area contributed by atoms with Gasteiger partial charge in [0.25, 0.3) is 5.91 Å². The van der Waals surface area contributed by atoms with Crippen LogP contribution in [-0.4, -0.2) is 53.0 Å². The van der Waals surface area contributed by atoms with E-state index in [1.54, 1.807) is 24.3 Å². The molecule has 1 heterocycles. The molecule has 140 valence electrons. The van der Waals surface area contributed by atoms with Gasteiger partial charge in [-0.25, -0.2) is 0 Å². The van der Waals surface area contributed by atoms with Crippen LogP contribution in [0, 0.1) is 11.3 Å². The van der Waals surface area contributed by atoms with E-state index >= 15 is 0 Å². The summed E-state index contributed by atoms with van der Waals surface area (Å²) in [6.07, 6.45) is 3.57. The zero-order chi connectivity index (χ0) is 18.8. The Morgan fingerprint density at radius 1 is 1.08 bits per heavy atom. The number of hydrogen-bond acceptors (Lipinski definition) is 4. The van der Waals surface area contributed by atoms with E-state index in [2.05, 4.69) is 31.7 Å². The lowest BCUT2D eigenvalue weighted by molar-refractivity contribution is -0.150. The lowest BCUT2D eigenvalue weighted by Gasteiger charge is -2.44. The molecule has 1 aromatic rings. The van der Waals surface area contributed by atoms with Crippen LogP contribution in [0.2, 0.25) is 0 Å². The van der Waals surface area contributed by atoms with E-state index in [0.717, 1.165) is 51.9 Å². The minimum atomic E-state index is -0.738. The molecule has 5 heteroatoms. The summed E-state index contributed by atoms with van der Waals surface area (Å²) < 4.78 is 6.26. The highest BCUT2D eigenvalue weighted by Crippen LogP contribution is 2.36. The molecule has 0 atom stereocenters. The molecule has 1 amide bonds. The van der Waals surface area contributed by atoms with Gasteiger partial charge in [0, 0.05) is 31.7 Å². The molecule has 1 aliphatic heterocycles. The normalized spacial score (nSPS) is 20.6. The number of amides is 1. The second kappa shape index (κ2) is 7.28. The third-order valence-electron chi connectivity index (χ3n) is 5.61. The molecule has 1 saturated carbocycles. The van der Waals surface area contributed by atoms with Gasteiger partial charge < -0.3 is 9.64 Å². The van der Waals surface area contributed by atoms with Crippen molar-refractivity contribution in [1.29, 1.82) is 5.26 Å².